The van der Waals surface area contributed by atoms with Gasteiger partial charge in [0.05, 0.1) is 9.92 Å². The maximum atomic E-state index is 13.4. The van der Waals surface area contributed by atoms with E-state index in [9.17, 15) is 17.6 Å². The van der Waals surface area contributed by atoms with Crippen LogP contribution in [0.1, 0.15) is 10.5 Å². The SMILES string of the molecule is O=C(c1[nH]c2ccc(F)cc2c1Cl)N1CCN(S(=O)(=O)c2ccccc2)CC1. The molecule has 0 unspecified atom stereocenters. The Labute approximate surface area is 166 Å². The van der Waals surface area contributed by atoms with E-state index in [1.165, 1.54) is 22.5 Å². The lowest BCUT2D eigenvalue weighted by Gasteiger charge is -2.33. The van der Waals surface area contributed by atoms with E-state index in [1.807, 2.05) is 0 Å². The van der Waals surface area contributed by atoms with Gasteiger partial charge < -0.3 is 9.88 Å². The number of halogens is 2. The number of piperazine rings is 1. The fraction of sp³-hybridized carbons (Fsp3) is 0.211. The Morgan fingerprint density at radius 2 is 1.71 bits per heavy atom. The summed E-state index contributed by atoms with van der Waals surface area (Å²) in [7, 11) is -3.59. The van der Waals surface area contributed by atoms with Gasteiger partial charge >= 0.3 is 0 Å². The molecular formula is C19H17ClFN3O3S. The minimum atomic E-state index is -3.59. The van der Waals surface area contributed by atoms with Gasteiger partial charge in [0, 0.05) is 37.1 Å². The van der Waals surface area contributed by atoms with Gasteiger partial charge in [0.25, 0.3) is 5.91 Å². The van der Waals surface area contributed by atoms with Crippen LogP contribution in [-0.4, -0.2) is 54.7 Å². The van der Waals surface area contributed by atoms with Crippen molar-refractivity contribution in [3.05, 3.63) is 65.1 Å². The maximum absolute atomic E-state index is 13.4. The number of carbonyl (C=O) groups excluding carboxylic acids is 1. The lowest BCUT2D eigenvalue weighted by atomic mass is 10.2. The molecule has 6 nitrogen and oxygen atoms in total. The van der Waals surface area contributed by atoms with Gasteiger partial charge in [-0.15, -0.1) is 0 Å². The Hall–Kier alpha value is -2.42. The van der Waals surface area contributed by atoms with Crippen molar-refractivity contribution >= 4 is 38.4 Å². The minimum Gasteiger partial charge on any atom is -0.349 e. The van der Waals surface area contributed by atoms with E-state index in [-0.39, 0.29) is 47.7 Å². The molecule has 0 atom stereocenters. The van der Waals surface area contributed by atoms with Crippen molar-refractivity contribution in [1.29, 1.82) is 0 Å². The van der Waals surface area contributed by atoms with Crippen molar-refractivity contribution in [3.8, 4) is 0 Å². The number of carbonyl (C=O) groups is 1. The van der Waals surface area contributed by atoms with Crippen LogP contribution >= 0.6 is 11.6 Å². The molecule has 1 aliphatic rings. The predicted molar refractivity (Wildman–Crippen MR) is 104 cm³/mol. The van der Waals surface area contributed by atoms with E-state index >= 15 is 0 Å². The summed E-state index contributed by atoms with van der Waals surface area (Å²) in [5, 5.41) is 0.606. The molecule has 0 saturated carbocycles. The van der Waals surface area contributed by atoms with Gasteiger partial charge in [0.1, 0.15) is 11.5 Å². The number of amides is 1. The first-order valence-electron chi connectivity index (χ1n) is 8.69. The summed E-state index contributed by atoms with van der Waals surface area (Å²) >= 11 is 6.27. The largest absolute Gasteiger partial charge is 0.349 e. The number of aromatic nitrogens is 1. The van der Waals surface area contributed by atoms with Gasteiger partial charge in [-0.3, -0.25) is 4.79 Å². The molecule has 0 aliphatic carbocycles. The van der Waals surface area contributed by atoms with Crippen molar-refractivity contribution in [1.82, 2.24) is 14.2 Å². The summed E-state index contributed by atoms with van der Waals surface area (Å²) in [6.07, 6.45) is 0. The van der Waals surface area contributed by atoms with E-state index in [0.717, 1.165) is 0 Å². The highest BCUT2D eigenvalue weighted by Gasteiger charge is 2.31. The lowest BCUT2D eigenvalue weighted by Crippen LogP contribution is -2.50. The van der Waals surface area contributed by atoms with Crippen LogP contribution in [0.15, 0.2) is 53.4 Å². The molecule has 1 aliphatic heterocycles. The van der Waals surface area contributed by atoms with Crippen molar-refractivity contribution in [2.45, 2.75) is 4.90 Å². The van der Waals surface area contributed by atoms with Gasteiger partial charge in [0.2, 0.25) is 10.0 Å². The number of rotatable bonds is 3. The zero-order chi connectivity index (χ0) is 19.9. The minimum absolute atomic E-state index is 0.166. The van der Waals surface area contributed by atoms with E-state index in [1.54, 1.807) is 35.2 Å². The normalized spacial score (nSPS) is 15.9. The van der Waals surface area contributed by atoms with Crippen LogP contribution in [0.5, 0.6) is 0 Å². The summed E-state index contributed by atoms with van der Waals surface area (Å²) in [6.45, 7) is 0.862. The number of sulfonamides is 1. The Morgan fingerprint density at radius 3 is 2.39 bits per heavy atom. The first kappa shape index (κ1) is 18.9. The molecular weight excluding hydrogens is 405 g/mol. The van der Waals surface area contributed by atoms with E-state index in [0.29, 0.717) is 10.9 Å². The molecule has 146 valence electrons. The van der Waals surface area contributed by atoms with Crippen molar-refractivity contribution < 1.29 is 17.6 Å². The molecule has 0 bridgehead atoms. The van der Waals surface area contributed by atoms with Crippen LogP contribution in [0.25, 0.3) is 10.9 Å². The quantitative estimate of drug-likeness (QED) is 0.706. The van der Waals surface area contributed by atoms with Crippen molar-refractivity contribution in [2.75, 3.05) is 26.2 Å². The van der Waals surface area contributed by atoms with E-state index < -0.39 is 15.8 Å². The van der Waals surface area contributed by atoms with Gasteiger partial charge in [0.15, 0.2) is 0 Å². The first-order valence-corrected chi connectivity index (χ1v) is 10.5. The third kappa shape index (κ3) is 3.28. The lowest BCUT2D eigenvalue weighted by molar-refractivity contribution is 0.0693. The summed E-state index contributed by atoms with van der Waals surface area (Å²) in [4.78, 5) is 17.6. The smallest absolute Gasteiger partial charge is 0.271 e. The Balaban J connectivity index is 1.51. The predicted octanol–water partition coefficient (Wildman–Crippen LogP) is 3.11. The molecule has 4 rings (SSSR count). The summed E-state index contributed by atoms with van der Waals surface area (Å²) < 4.78 is 40.2. The number of hydrogen-bond acceptors (Lipinski definition) is 3. The monoisotopic (exact) mass is 421 g/mol. The van der Waals surface area contributed by atoms with Crippen LogP contribution in [0.2, 0.25) is 5.02 Å². The van der Waals surface area contributed by atoms with Crippen LogP contribution in [0.3, 0.4) is 0 Å². The number of aromatic amines is 1. The van der Waals surface area contributed by atoms with Crippen LogP contribution in [0, 0.1) is 5.82 Å². The molecule has 0 radical (unpaired) electrons. The second-order valence-corrected chi connectivity index (χ2v) is 8.83. The molecule has 1 N–H and O–H groups in total. The number of nitrogens with zero attached hydrogens (tertiary/aromatic N) is 2. The topological polar surface area (TPSA) is 73.5 Å². The maximum Gasteiger partial charge on any atom is 0.271 e. The third-order valence-corrected chi connectivity index (χ3v) is 7.12. The summed E-state index contributed by atoms with van der Waals surface area (Å²) in [5.74, 6) is -0.773. The Morgan fingerprint density at radius 1 is 1.04 bits per heavy atom. The molecule has 1 amide bonds. The van der Waals surface area contributed by atoms with Crippen LogP contribution < -0.4 is 0 Å². The molecule has 2 heterocycles. The number of benzene rings is 2. The fourth-order valence-corrected chi connectivity index (χ4v) is 5.04. The van der Waals surface area contributed by atoms with Crippen molar-refractivity contribution in [2.24, 2.45) is 0 Å². The zero-order valence-corrected chi connectivity index (χ0v) is 16.3. The fourth-order valence-electron chi connectivity index (χ4n) is 3.31. The summed E-state index contributed by atoms with van der Waals surface area (Å²) in [6, 6.07) is 12.3. The average Bonchev–Trinajstić information content (AvgIpc) is 3.04. The standard InChI is InChI=1S/C19H17ClFN3O3S/c20-17-15-12-13(21)6-7-16(15)22-18(17)19(25)23-8-10-24(11-9-23)28(26,27)14-4-2-1-3-5-14/h1-7,12,22H,8-11H2. The van der Waals surface area contributed by atoms with E-state index in [2.05, 4.69) is 4.98 Å². The van der Waals surface area contributed by atoms with Crippen LogP contribution in [-0.2, 0) is 10.0 Å². The molecule has 3 aromatic rings. The third-order valence-electron chi connectivity index (χ3n) is 4.82. The molecule has 28 heavy (non-hydrogen) atoms. The number of hydrogen-bond donors (Lipinski definition) is 1. The highest BCUT2D eigenvalue weighted by molar-refractivity contribution is 7.89. The Kier molecular flexibility index (Phi) is 4.86. The molecule has 1 fully saturated rings. The van der Waals surface area contributed by atoms with Gasteiger partial charge in [-0.2, -0.15) is 4.31 Å². The van der Waals surface area contributed by atoms with Gasteiger partial charge in [-0.1, -0.05) is 29.8 Å². The zero-order valence-electron chi connectivity index (χ0n) is 14.7. The number of fused-ring (bicyclic) bond motifs is 1. The summed E-state index contributed by atoms with van der Waals surface area (Å²) in [5.41, 5.74) is 0.752. The highest BCUT2D eigenvalue weighted by atomic mass is 35.5. The second-order valence-electron chi connectivity index (χ2n) is 6.51. The molecule has 9 heteroatoms. The molecule has 0 spiro atoms. The van der Waals surface area contributed by atoms with Crippen molar-refractivity contribution in [3.63, 3.8) is 0 Å². The highest BCUT2D eigenvalue weighted by Crippen LogP contribution is 2.29. The van der Waals surface area contributed by atoms with Crippen LogP contribution in [0.4, 0.5) is 4.39 Å². The Bertz CT molecular complexity index is 1140. The van der Waals surface area contributed by atoms with Gasteiger partial charge in [-0.25, -0.2) is 12.8 Å². The molecule has 2 aromatic carbocycles. The number of H-pyrrole nitrogens is 1. The van der Waals surface area contributed by atoms with E-state index in [4.69, 9.17) is 11.6 Å². The van der Waals surface area contributed by atoms with Gasteiger partial charge in [-0.05, 0) is 30.3 Å². The average molecular weight is 422 g/mol. The number of nitrogens with one attached hydrogen (secondary N) is 1. The second kappa shape index (κ2) is 7.20. The molecule has 1 aromatic heterocycles. The first-order chi connectivity index (χ1) is 13.4. The molecule has 1 saturated heterocycles.